The van der Waals surface area contributed by atoms with Crippen molar-refractivity contribution in [2.24, 2.45) is 5.92 Å². The summed E-state index contributed by atoms with van der Waals surface area (Å²) in [6, 6.07) is 9.64. The quantitative estimate of drug-likeness (QED) is 0.388. The predicted octanol–water partition coefficient (Wildman–Crippen LogP) is 2.35. The van der Waals surface area contributed by atoms with Gasteiger partial charge in [0.25, 0.3) is 17.3 Å². The van der Waals surface area contributed by atoms with E-state index in [1.165, 1.54) is 47.4 Å². The van der Waals surface area contributed by atoms with Crippen molar-refractivity contribution in [3.05, 3.63) is 68.3 Å². The van der Waals surface area contributed by atoms with Gasteiger partial charge in [-0.15, -0.1) is 0 Å². The van der Waals surface area contributed by atoms with Crippen LogP contribution >= 0.6 is 0 Å². The zero-order valence-corrected chi connectivity index (χ0v) is 16.8. The highest BCUT2D eigenvalue weighted by Crippen LogP contribution is 2.28. The van der Waals surface area contributed by atoms with Gasteiger partial charge in [0.1, 0.15) is 0 Å². The molecule has 0 spiro atoms. The van der Waals surface area contributed by atoms with Crippen LogP contribution in [-0.4, -0.2) is 40.8 Å². The molecule has 3 rings (SSSR count). The van der Waals surface area contributed by atoms with Crippen LogP contribution in [0.5, 0.6) is 0 Å². The maximum atomic E-state index is 12.3. The van der Waals surface area contributed by atoms with Crippen molar-refractivity contribution in [2.75, 3.05) is 23.4 Å². The first-order chi connectivity index (χ1) is 15.2. The van der Waals surface area contributed by atoms with E-state index >= 15 is 0 Å². The smallest absolute Gasteiger partial charge is 0.311 e. The number of aryl methyl sites for hydroxylation is 1. The van der Waals surface area contributed by atoms with Crippen LogP contribution in [-0.2, 0) is 19.1 Å². The number of benzene rings is 2. The molecule has 12 nitrogen and oxygen atoms in total. The maximum Gasteiger partial charge on any atom is 0.311 e. The molecule has 0 saturated carbocycles. The van der Waals surface area contributed by atoms with Crippen LogP contribution in [0.3, 0.4) is 0 Å². The number of nitrogens with one attached hydrogen (secondary N) is 1. The van der Waals surface area contributed by atoms with Gasteiger partial charge in [-0.25, -0.2) is 0 Å². The Morgan fingerprint density at radius 3 is 2.59 bits per heavy atom. The lowest BCUT2D eigenvalue weighted by Gasteiger charge is -2.16. The zero-order valence-electron chi connectivity index (χ0n) is 16.8. The highest BCUT2D eigenvalue weighted by Gasteiger charge is 2.36. The first kappa shape index (κ1) is 22.3. The molecule has 166 valence electrons. The number of anilines is 2. The summed E-state index contributed by atoms with van der Waals surface area (Å²) in [6.45, 7) is 0.887. The molecular weight excluding hydrogens is 424 g/mol. The third-order valence-electron chi connectivity index (χ3n) is 4.85. The van der Waals surface area contributed by atoms with E-state index in [0.717, 1.165) is 0 Å². The molecule has 0 unspecified atom stereocenters. The number of carbonyl (C=O) groups is 3. The van der Waals surface area contributed by atoms with Gasteiger partial charge < -0.3 is 15.0 Å². The molecule has 1 aliphatic rings. The molecule has 1 N–H and O–H groups in total. The van der Waals surface area contributed by atoms with Crippen molar-refractivity contribution in [2.45, 2.75) is 13.3 Å². The number of hydrogen-bond donors (Lipinski definition) is 1. The number of non-ortho nitro benzene ring substituents is 1. The zero-order chi connectivity index (χ0) is 23.4. The highest BCUT2D eigenvalue weighted by molar-refractivity contribution is 6.00. The van der Waals surface area contributed by atoms with Crippen molar-refractivity contribution in [3.63, 3.8) is 0 Å². The Kier molecular flexibility index (Phi) is 6.42. The predicted molar refractivity (Wildman–Crippen MR) is 111 cm³/mol. The van der Waals surface area contributed by atoms with E-state index < -0.39 is 40.2 Å². The van der Waals surface area contributed by atoms with E-state index in [1.54, 1.807) is 6.92 Å². The van der Waals surface area contributed by atoms with Gasteiger partial charge in [0, 0.05) is 42.4 Å². The van der Waals surface area contributed by atoms with E-state index in [4.69, 9.17) is 4.74 Å². The molecule has 1 atom stereocenters. The number of esters is 1. The van der Waals surface area contributed by atoms with Crippen LogP contribution in [0.15, 0.2) is 42.5 Å². The summed E-state index contributed by atoms with van der Waals surface area (Å²) in [5, 5.41) is 24.3. The minimum absolute atomic E-state index is 0.0371. The summed E-state index contributed by atoms with van der Waals surface area (Å²) in [5.74, 6) is -2.70. The molecule has 2 aromatic carbocycles. The fourth-order valence-corrected chi connectivity index (χ4v) is 3.22. The van der Waals surface area contributed by atoms with Gasteiger partial charge in [-0.2, -0.15) is 0 Å². The molecule has 0 radical (unpaired) electrons. The number of carbonyl (C=O) groups excluding carboxylic acids is 3. The summed E-state index contributed by atoms with van der Waals surface area (Å²) in [5.41, 5.74) is 0.549. The van der Waals surface area contributed by atoms with E-state index in [1.807, 2.05) is 0 Å². The van der Waals surface area contributed by atoms with Gasteiger partial charge in [0.2, 0.25) is 5.91 Å². The van der Waals surface area contributed by atoms with Crippen molar-refractivity contribution in [1.29, 1.82) is 0 Å². The topological polar surface area (TPSA) is 162 Å². The Morgan fingerprint density at radius 1 is 1.16 bits per heavy atom. The van der Waals surface area contributed by atoms with Crippen LogP contribution in [0.25, 0.3) is 0 Å². The first-order valence-electron chi connectivity index (χ1n) is 9.42. The van der Waals surface area contributed by atoms with Crippen LogP contribution < -0.4 is 10.2 Å². The van der Waals surface area contributed by atoms with E-state index in [2.05, 4.69) is 5.32 Å². The normalized spacial score (nSPS) is 15.3. The summed E-state index contributed by atoms with van der Waals surface area (Å²) >= 11 is 0. The molecule has 1 heterocycles. The minimum atomic E-state index is -0.838. The van der Waals surface area contributed by atoms with Gasteiger partial charge >= 0.3 is 5.97 Å². The third-order valence-corrected chi connectivity index (χ3v) is 4.85. The molecule has 1 fully saturated rings. The van der Waals surface area contributed by atoms with Crippen molar-refractivity contribution >= 4 is 40.5 Å². The van der Waals surface area contributed by atoms with Gasteiger partial charge in [-0.3, -0.25) is 34.6 Å². The standard InChI is InChI=1S/C20H18N4O8/c1-12-5-6-14(8-17(12)24(30)31)21-18(25)11-32-20(27)13-7-19(26)22(10-13)15-3-2-4-16(9-15)23(28)29/h2-6,8-9,13H,7,10-11H2,1H3,(H,21,25)/t13-/m1/s1. The van der Waals surface area contributed by atoms with Gasteiger partial charge in [-0.1, -0.05) is 12.1 Å². The van der Waals surface area contributed by atoms with Gasteiger partial charge in [0.05, 0.1) is 21.5 Å². The average molecular weight is 442 g/mol. The molecule has 12 heteroatoms. The minimum Gasteiger partial charge on any atom is -0.455 e. The molecule has 1 aliphatic heterocycles. The van der Waals surface area contributed by atoms with Crippen LogP contribution in [0, 0.1) is 33.1 Å². The maximum absolute atomic E-state index is 12.3. The largest absolute Gasteiger partial charge is 0.455 e. The van der Waals surface area contributed by atoms with Crippen molar-refractivity contribution in [3.8, 4) is 0 Å². The van der Waals surface area contributed by atoms with Crippen LogP contribution in [0.1, 0.15) is 12.0 Å². The fraction of sp³-hybridized carbons (Fsp3) is 0.250. The fourth-order valence-electron chi connectivity index (χ4n) is 3.22. The van der Waals surface area contributed by atoms with Crippen molar-refractivity contribution < 1.29 is 29.0 Å². The van der Waals surface area contributed by atoms with E-state index in [-0.39, 0.29) is 30.0 Å². The lowest BCUT2D eigenvalue weighted by atomic mass is 10.1. The Bertz CT molecular complexity index is 1120. The number of hydrogen-bond acceptors (Lipinski definition) is 8. The Hall–Kier alpha value is -4.35. The second kappa shape index (κ2) is 9.20. The number of ether oxygens (including phenoxy) is 1. The molecule has 0 aromatic heterocycles. The number of amides is 2. The Labute approximate surface area is 181 Å². The number of nitrogens with zero attached hydrogens (tertiary/aromatic N) is 3. The van der Waals surface area contributed by atoms with Gasteiger partial charge in [-0.05, 0) is 19.1 Å². The number of rotatable bonds is 7. The number of nitro groups is 2. The molecular formula is C20H18N4O8. The second-order valence-electron chi connectivity index (χ2n) is 7.10. The first-order valence-corrected chi connectivity index (χ1v) is 9.42. The molecule has 1 saturated heterocycles. The molecule has 2 amide bonds. The SMILES string of the molecule is Cc1ccc(NC(=O)COC(=O)[C@@H]2CC(=O)N(c3cccc([N+](=O)[O-])c3)C2)cc1[N+](=O)[O-]. The van der Waals surface area contributed by atoms with E-state index in [9.17, 15) is 34.6 Å². The number of nitro benzene ring substituents is 2. The summed E-state index contributed by atoms with van der Waals surface area (Å²) < 4.78 is 4.98. The summed E-state index contributed by atoms with van der Waals surface area (Å²) in [7, 11) is 0. The molecule has 0 aliphatic carbocycles. The van der Waals surface area contributed by atoms with Crippen molar-refractivity contribution in [1.82, 2.24) is 0 Å². The lowest BCUT2D eigenvalue weighted by Crippen LogP contribution is -2.28. The third kappa shape index (κ3) is 5.03. The molecule has 32 heavy (non-hydrogen) atoms. The van der Waals surface area contributed by atoms with Crippen LogP contribution in [0.4, 0.5) is 22.7 Å². The Balaban J connectivity index is 1.56. The summed E-state index contributed by atoms with van der Waals surface area (Å²) in [6.07, 6.45) is -0.159. The monoisotopic (exact) mass is 442 g/mol. The Morgan fingerprint density at radius 2 is 1.91 bits per heavy atom. The molecule has 2 aromatic rings. The highest BCUT2D eigenvalue weighted by atomic mass is 16.6. The second-order valence-corrected chi connectivity index (χ2v) is 7.10. The molecule has 0 bridgehead atoms. The lowest BCUT2D eigenvalue weighted by molar-refractivity contribution is -0.385. The summed E-state index contributed by atoms with van der Waals surface area (Å²) in [4.78, 5) is 58.6. The van der Waals surface area contributed by atoms with Gasteiger partial charge in [0.15, 0.2) is 6.61 Å². The van der Waals surface area contributed by atoms with E-state index in [0.29, 0.717) is 11.3 Å². The van der Waals surface area contributed by atoms with Crippen LogP contribution in [0.2, 0.25) is 0 Å². The average Bonchev–Trinajstić information content (AvgIpc) is 3.15.